The summed E-state index contributed by atoms with van der Waals surface area (Å²) in [5, 5.41) is 3.17. The second kappa shape index (κ2) is 7.18. The van der Waals surface area contributed by atoms with E-state index in [1.54, 1.807) is 13.0 Å². The summed E-state index contributed by atoms with van der Waals surface area (Å²) in [6, 6.07) is 10.0. The number of carbonyl (C=O) groups excluding carboxylic acids is 2. The van der Waals surface area contributed by atoms with Gasteiger partial charge in [0.2, 0.25) is 0 Å². The summed E-state index contributed by atoms with van der Waals surface area (Å²) in [6.07, 6.45) is 4.22. The number of benzene rings is 1. The fraction of sp³-hybridized carbons (Fsp3) is 0.381. The Morgan fingerprint density at radius 1 is 1.08 bits per heavy atom. The first-order valence-electron chi connectivity index (χ1n) is 8.85. The van der Waals surface area contributed by atoms with Crippen LogP contribution in [0.25, 0.3) is 0 Å². The van der Waals surface area contributed by atoms with Gasteiger partial charge in [-0.15, -0.1) is 0 Å². The Balaban J connectivity index is 1.90. The fourth-order valence-electron chi connectivity index (χ4n) is 3.62. The number of Topliss-reactive ketones (excluding diaryl/α,β-unsaturated/α-hetero) is 1. The number of fused-ring (bicyclic) bond motifs is 1. The molecular weight excluding hydrogens is 312 g/mol. The van der Waals surface area contributed by atoms with Gasteiger partial charge in [0, 0.05) is 11.3 Å². The molecule has 1 aliphatic carbocycles. The highest BCUT2D eigenvalue weighted by atomic mass is 16.1. The highest BCUT2D eigenvalue weighted by molar-refractivity contribution is 6.00. The van der Waals surface area contributed by atoms with Crippen LogP contribution < -0.4 is 5.32 Å². The summed E-state index contributed by atoms with van der Waals surface area (Å²) in [7, 11) is 0. The van der Waals surface area contributed by atoms with Crippen LogP contribution in [0.5, 0.6) is 0 Å². The molecule has 0 saturated heterocycles. The molecule has 0 radical (unpaired) electrons. The summed E-state index contributed by atoms with van der Waals surface area (Å²) in [6.45, 7) is 5.11. The number of carbonyl (C=O) groups is 2. The number of pyridine rings is 1. The number of hydrogen-bond donors (Lipinski definition) is 1. The van der Waals surface area contributed by atoms with Gasteiger partial charge in [0.15, 0.2) is 5.78 Å². The van der Waals surface area contributed by atoms with E-state index >= 15 is 0 Å². The van der Waals surface area contributed by atoms with Crippen molar-refractivity contribution in [3.8, 4) is 0 Å². The molecule has 4 nitrogen and oxygen atoms in total. The van der Waals surface area contributed by atoms with E-state index in [0.29, 0.717) is 22.5 Å². The molecule has 0 aliphatic heterocycles. The third-order valence-corrected chi connectivity index (χ3v) is 4.95. The monoisotopic (exact) mass is 336 g/mol. The second-order valence-electron chi connectivity index (χ2n) is 6.78. The van der Waals surface area contributed by atoms with Gasteiger partial charge in [-0.3, -0.25) is 14.6 Å². The van der Waals surface area contributed by atoms with E-state index in [0.717, 1.165) is 25.7 Å². The van der Waals surface area contributed by atoms with Crippen LogP contribution in [0.2, 0.25) is 0 Å². The van der Waals surface area contributed by atoms with Crippen LogP contribution in [0.15, 0.2) is 30.3 Å². The third kappa shape index (κ3) is 3.63. The summed E-state index contributed by atoms with van der Waals surface area (Å²) in [5.41, 5.74) is 4.84. The summed E-state index contributed by atoms with van der Waals surface area (Å²) in [5.74, 6) is -0.229. The molecule has 1 atom stereocenters. The highest BCUT2D eigenvalue weighted by Gasteiger charge is 2.22. The van der Waals surface area contributed by atoms with E-state index < -0.39 is 0 Å². The number of hydrogen-bond acceptors (Lipinski definition) is 3. The molecule has 1 heterocycles. The Kier molecular flexibility index (Phi) is 4.98. The summed E-state index contributed by atoms with van der Waals surface area (Å²) in [4.78, 5) is 29.0. The minimum atomic E-state index is -0.158. The van der Waals surface area contributed by atoms with Crippen molar-refractivity contribution in [1.29, 1.82) is 0 Å². The molecule has 130 valence electrons. The van der Waals surface area contributed by atoms with Crippen molar-refractivity contribution in [3.05, 3.63) is 64.0 Å². The van der Waals surface area contributed by atoms with E-state index in [1.807, 2.05) is 13.0 Å². The number of nitrogens with zero attached hydrogens (tertiary/aromatic N) is 1. The Hall–Kier alpha value is -2.49. The van der Waals surface area contributed by atoms with Crippen LogP contribution >= 0.6 is 0 Å². The normalized spacial score (nSPS) is 16.7. The molecule has 1 N–H and O–H groups in total. The first kappa shape index (κ1) is 17.3. The van der Waals surface area contributed by atoms with Crippen LogP contribution in [0.3, 0.4) is 0 Å². The van der Waals surface area contributed by atoms with Crippen molar-refractivity contribution >= 4 is 11.7 Å². The van der Waals surface area contributed by atoms with E-state index in [4.69, 9.17) is 0 Å². The molecule has 0 fully saturated rings. The Labute approximate surface area is 148 Å². The summed E-state index contributed by atoms with van der Waals surface area (Å²) < 4.78 is 0. The van der Waals surface area contributed by atoms with Gasteiger partial charge in [0.1, 0.15) is 0 Å². The fourth-order valence-corrected chi connectivity index (χ4v) is 3.62. The molecule has 1 aromatic heterocycles. The van der Waals surface area contributed by atoms with Crippen LogP contribution in [-0.2, 0) is 6.42 Å². The molecule has 0 spiro atoms. The average Bonchev–Trinajstić information content (AvgIpc) is 2.77. The van der Waals surface area contributed by atoms with Crippen molar-refractivity contribution in [2.45, 2.75) is 52.5 Å². The maximum Gasteiger partial charge on any atom is 0.253 e. The van der Waals surface area contributed by atoms with Gasteiger partial charge in [-0.2, -0.15) is 0 Å². The minimum absolute atomic E-state index is 0.00711. The quantitative estimate of drug-likeness (QED) is 0.678. The number of aryl methyl sites for hydroxylation is 3. The van der Waals surface area contributed by atoms with Gasteiger partial charge in [-0.25, -0.2) is 0 Å². The topological polar surface area (TPSA) is 59.1 Å². The van der Waals surface area contributed by atoms with Crippen LogP contribution in [0.4, 0.5) is 0 Å². The summed E-state index contributed by atoms with van der Waals surface area (Å²) >= 11 is 0. The molecule has 3 rings (SSSR count). The lowest BCUT2D eigenvalue weighted by Gasteiger charge is -2.20. The molecule has 2 aromatic rings. The smallest absolute Gasteiger partial charge is 0.253 e. The lowest BCUT2D eigenvalue weighted by molar-refractivity contribution is 0.0933. The van der Waals surface area contributed by atoms with Crippen molar-refractivity contribution in [2.24, 2.45) is 0 Å². The van der Waals surface area contributed by atoms with Crippen molar-refractivity contribution in [1.82, 2.24) is 10.3 Å². The first-order valence-corrected chi connectivity index (χ1v) is 8.85. The average molecular weight is 336 g/mol. The van der Waals surface area contributed by atoms with Gasteiger partial charge in [-0.05, 0) is 57.2 Å². The van der Waals surface area contributed by atoms with Crippen LogP contribution in [-0.4, -0.2) is 16.7 Å². The Morgan fingerprint density at radius 2 is 1.80 bits per heavy atom. The SMILES string of the molecule is CC(=O)c1cc(C(=O)NC2CCCCc3ccccc32)c(C)nc1C. The molecular formula is C21H24N2O2. The van der Waals surface area contributed by atoms with E-state index in [2.05, 4.69) is 28.5 Å². The first-order chi connectivity index (χ1) is 12.0. The highest BCUT2D eigenvalue weighted by Crippen LogP contribution is 2.29. The van der Waals surface area contributed by atoms with Gasteiger partial charge in [-0.1, -0.05) is 30.7 Å². The Bertz CT molecular complexity index is 827. The van der Waals surface area contributed by atoms with E-state index in [-0.39, 0.29) is 17.7 Å². The Morgan fingerprint density at radius 3 is 2.56 bits per heavy atom. The standard InChI is InChI=1S/C21H24N2O2/c1-13-18(15(3)24)12-19(14(2)22-13)21(25)23-20-11-7-5-9-16-8-4-6-10-17(16)20/h4,6,8,10,12,20H,5,7,9,11H2,1-3H3,(H,23,25). The number of nitrogens with one attached hydrogen (secondary N) is 1. The van der Waals surface area contributed by atoms with Gasteiger partial charge in [0.05, 0.1) is 17.3 Å². The number of rotatable bonds is 3. The number of ketones is 1. The predicted octanol–water partition coefficient (Wildman–Crippen LogP) is 4.10. The van der Waals surface area contributed by atoms with E-state index in [1.165, 1.54) is 18.1 Å². The van der Waals surface area contributed by atoms with Crippen LogP contribution in [0, 0.1) is 13.8 Å². The molecule has 0 saturated carbocycles. The van der Waals surface area contributed by atoms with Crippen molar-refractivity contribution in [2.75, 3.05) is 0 Å². The minimum Gasteiger partial charge on any atom is -0.345 e. The zero-order valence-electron chi connectivity index (χ0n) is 15.1. The molecule has 25 heavy (non-hydrogen) atoms. The molecule has 1 amide bonds. The van der Waals surface area contributed by atoms with Crippen molar-refractivity contribution < 1.29 is 9.59 Å². The lowest BCUT2D eigenvalue weighted by atomic mass is 9.98. The molecule has 1 aromatic carbocycles. The maximum absolute atomic E-state index is 12.9. The molecule has 0 bridgehead atoms. The van der Waals surface area contributed by atoms with Gasteiger partial charge < -0.3 is 5.32 Å². The lowest BCUT2D eigenvalue weighted by Crippen LogP contribution is -2.30. The molecule has 4 heteroatoms. The number of aromatic nitrogens is 1. The largest absolute Gasteiger partial charge is 0.345 e. The molecule has 1 aliphatic rings. The second-order valence-corrected chi connectivity index (χ2v) is 6.78. The van der Waals surface area contributed by atoms with Crippen LogP contribution in [0.1, 0.15) is 75.5 Å². The van der Waals surface area contributed by atoms with Gasteiger partial charge >= 0.3 is 0 Å². The maximum atomic E-state index is 12.9. The van der Waals surface area contributed by atoms with E-state index in [9.17, 15) is 9.59 Å². The third-order valence-electron chi connectivity index (χ3n) is 4.95. The van der Waals surface area contributed by atoms with Crippen molar-refractivity contribution in [3.63, 3.8) is 0 Å². The number of amides is 1. The van der Waals surface area contributed by atoms with Gasteiger partial charge in [0.25, 0.3) is 5.91 Å². The zero-order valence-corrected chi connectivity index (χ0v) is 15.1. The molecule has 1 unspecified atom stereocenters. The predicted molar refractivity (Wildman–Crippen MR) is 97.9 cm³/mol. The zero-order chi connectivity index (χ0) is 18.0.